The molecule has 0 saturated heterocycles. The standard InChI is InChI=1S/C5H2N3.3C4H9.Sn/c6-3-5-4-7-1-2-8-5;3*1-3-4-2;/h2,4H;3*1,3-4H2,2H3;. The van der Waals surface area contributed by atoms with Crippen molar-refractivity contribution in [2.24, 2.45) is 0 Å². The summed E-state index contributed by atoms with van der Waals surface area (Å²) in [6, 6.07) is 2.08. The molecule has 0 saturated carbocycles. The van der Waals surface area contributed by atoms with Crippen LogP contribution in [-0.2, 0) is 0 Å². The van der Waals surface area contributed by atoms with Crippen LogP contribution >= 0.6 is 0 Å². The SMILES string of the molecule is CCC[CH2][Sn]([CH2]CCC)([CH2]CCC)[c]1cnc(C#N)cn1. The molecule has 116 valence electrons. The van der Waals surface area contributed by atoms with E-state index in [1.54, 1.807) is 6.20 Å². The van der Waals surface area contributed by atoms with Crippen LogP contribution in [0.3, 0.4) is 0 Å². The van der Waals surface area contributed by atoms with Crippen molar-refractivity contribution in [3.8, 4) is 6.07 Å². The van der Waals surface area contributed by atoms with E-state index in [9.17, 15) is 0 Å². The van der Waals surface area contributed by atoms with E-state index in [1.165, 1.54) is 55.5 Å². The van der Waals surface area contributed by atoms with Crippen LogP contribution in [0, 0.1) is 11.3 Å². The Balaban J connectivity index is 3.06. The van der Waals surface area contributed by atoms with Gasteiger partial charge in [0.2, 0.25) is 0 Å². The van der Waals surface area contributed by atoms with Crippen molar-refractivity contribution in [1.82, 2.24) is 9.97 Å². The second-order valence-corrected chi connectivity index (χ2v) is 19.0. The molecular formula is C17H29N3Sn. The van der Waals surface area contributed by atoms with Crippen LogP contribution in [0.25, 0.3) is 0 Å². The Kier molecular flexibility index (Phi) is 8.91. The average molecular weight is 394 g/mol. The predicted molar refractivity (Wildman–Crippen MR) is 91.3 cm³/mol. The van der Waals surface area contributed by atoms with Gasteiger partial charge in [0.25, 0.3) is 0 Å². The molecule has 3 nitrogen and oxygen atoms in total. The number of aromatic nitrogens is 2. The van der Waals surface area contributed by atoms with Crippen LogP contribution < -0.4 is 3.71 Å². The molecule has 0 aliphatic rings. The van der Waals surface area contributed by atoms with Gasteiger partial charge in [-0.3, -0.25) is 0 Å². The van der Waals surface area contributed by atoms with Gasteiger partial charge in [0.1, 0.15) is 0 Å². The number of unbranched alkanes of at least 4 members (excludes halogenated alkanes) is 3. The van der Waals surface area contributed by atoms with Gasteiger partial charge in [-0.05, 0) is 0 Å². The third kappa shape index (κ3) is 5.58. The van der Waals surface area contributed by atoms with Crippen molar-refractivity contribution in [2.45, 2.75) is 72.6 Å². The van der Waals surface area contributed by atoms with Gasteiger partial charge in [-0.15, -0.1) is 0 Å². The van der Waals surface area contributed by atoms with Gasteiger partial charge in [-0.1, -0.05) is 0 Å². The fourth-order valence-corrected chi connectivity index (χ4v) is 18.1. The number of nitriles is 1. The van der Waals surface area contributed by atoms with Crippen molar-refractivity contribution in [1.29, 1.82) is 5.26 Å². The first-order chi connectivity index (χ1) is 10.2. The summed E-state index contributed by atoms with van der Waals surface area (Å²) in [4.78, 5) is 9.01. The summed E-state index contributed by atoms with van der Waals surface area (Å²) in [5.74, 6) is 0. The predicted octanol–water partition coefficient (Wildman–Crippen LogP) is 4.40. The minimum absolute atomic E-state index is 0.445. The molecule has 0 unspecified atom stereocenters. The maximum atomic E-state index is 8.92. The molecule has 0 bridgehead atoms. The number of nitrogens with zero attached hydrogens (tertiary/aromatic N) is 3. The fraction of sp³-hybridized carbons (Fsp3) is 0.706. The van der Waals surface area contributed by atoms with E-state index in [4.69, 9.17) is 5.26 Å². The average Bonchev–Trinajstić information content (AvgIpc) is 2.55. The second-order valence-electron chi connectivity index (χ2n) is 5.99. The third-order valence-electron chi connectivity index (χ3n) is 4.34. The first-order valence-corrected chi connectivity index (χ1v) is 15.9. The molecule has 21 heavy (non-hydrogen) atoms. The maximum absolute atomic E-state index is 8.92. The zero-order valence-corrected chi connectivity index (χ0v) is 16.7. The number of hydrogen-bond donors (Lipinski definition) is 0. The Morgan fingerprint density at radius 1 is 0.905 bits per heavy atom. The first kappa shape index (κ1) is 18.4. The molecular weight excluding hydrogens is 365 g/mol. The van der Waals surface area contributed by atoms with Crippen molar-refractivity contribution >= 4 is 22.1 Å². The quantitative estimate of drug-likeness (QED) is 0.553. The van der Waals surface area contributed by atoms with E-state index in [0.717, 1.165) is 0 Å². The van der Waals surface area contributed by atoms with Crippen LogP contribution in [0.15, 0.2) is 12.4 Å². The van der Waals surface area contributed by atoms with Crippen LogP contribution in [0.2, 0.25) is 13.3 Å². The molecule has 4 heteroatoms. The Hall–Kier alpha value is -0.631. The molecule has 0 atom stereocenters. The second kappa shape index (κ2) is 10.2. The Bertz CT molecular complexity index is 415. The Labute approximate surface area is 134 Å². The van der Waals surface area contributed by atoms with E-state index in [2.05, 4.69) is 36.8 Å². The molecule has 0 spiro atoms. The van der Waals surface area contributed by atoms with Crippen LogP contribution in [0.5, 0.6) is 0 Å². The molecule has 1 heterocycles. The number of hydrogen-bond acceptors (Lipinski definition) is 3. The molecule has 0 radical (unpaired) electrons. The fourth-order valence-electron chi connectivity index (χ4n) is 2.96. The van der Waals surface area contributed by atoms with Crippen molar-refractivity contribution in [2.75, 3.05) is 0 Å². The molecule has 0 aliphatic heterocycles. The van der Waals surface area contributed by atoms with Gasteiger partial charge in [-0.25, -0.2) is 0 Å². The summed E-state index contributed by atoms with van der Waals surface area (Å²) >= 11 is -2.43. The Morgan fingerprint density at radius 3 is 1.76 bits per heavy atom. The van der Waals surface area contributed by atoms with Gasteiger partial charge >= 0.3 is 134 Å². The first-order valence-electron chi connectivity index (χ1n) is 8.45. The Morgan fingerprint density at radius 2 is 1.43 bits per heavy atom. The molecule has 0 aromatic carbocycles. The van der Waals surface area contributed by atoms with Crippen LogP contribution in [0.4, 0.5) is 0 Å². The summed E-state index contributed by atoms with van der Waals surface area (Å²) in [7, 11) is 0. The van der Waals surface area contributed by atoms with Crippen molar-refractivity contribution in [3.05, 3.63) is 18.1 Å². The summed E-state index contributed by atoms with van der Waals surface area (Å²) in [6.07, 6.45) is 11.4. The molecule has 0 fully saturated rings. The zero-order valence-electron chi connectivity index (χ0n) is 13.9. The summed E-state index contributed by atoms with van der Waals surface area (Å²) < 4.78 is 5.49. The molecule has 0 aliphatic carbocycles. The van der Waals surface area contributed by atoms with Gasteiger partial charge in [0.05, 0.1) is 0 Å². The molecule has 0 N–H and O–H groups in total. The molecule has 1 aromatic rings. The third-order valence-corrected chi connectivity index (χ3v) is 19.4. The number of rotatable bonds is 10. The van der Waals surface area contributed by atoms with E-state index >= 15 is 0 Å². The normalized spacial score (nSPS) is 11.3. The van der Waals surface area contributed by atoms with Crippen molar-refractivity contribution < 1.29 is 0 Å². The van der Waals surface area contributed by atoms with Crippen LogP contribution in [-0.4, -0.2) is 28.3 Å². The molecule has 0 amide bonds. The van der Waals surface area contributed by atoms with E-state index in [1.807, 2.05) is 6.20 Å². The van der Waals surface area contributed by atoms with E-state index < -0.39 is 18.4 Å². The van der Waals surface area contributed by atoms with Gasteiger partial charge in [0, 0.05) is 0 Å². The van der Waals surface area contributed by atoms with Gasteiger partial charge in [-0.2, -0.15) is 0 Å². The zero-order chi connectivity index (χ0) is 15.6. The van der Waals surface area contributed by atoms with Crippen molar-refractivity contribution in [3.63, 3.8) is 0 Å². The summed E-state index contributed by atoms with van der Waals surface area (Å²) in [5, 5.41) is 8.92. The van der Waals surface area contributed by atoms with E-state index in [-0.39, 0.29) is 0 Å². The molecule has 1 aromatic heterocycles. The summed E-state index contributed by atoms with van der Waals surface area (Å²) in [6.45, 7) is 6.84. The van der Waals surface area contributed by atoms with Gasteiger partial charge < -0.3 is 0 Å². The summed E-state index contributed by atoms with van der Waals surface area (Å²) in [5.41, 5.74) is 0.445. The minimum atomic E-state index is -2.43. The van der Waals surface area contributed by atoms with Crippen LogP contribution in [0.1, 0.15) is 65.0 Å². The molecule has 1 rings (SSSR count). The monoisotopic (exact) mass is 395 g/mol. The van der Waals surface area contributed by atoms with Gasteiger partial charge in [0.15, 0.2) is 0 Å². The van der Waals surface area contributed by atoms with E-state index in [0.29, 0.717) is 5.69 Å². The topological polar surface area (TPSA) is 49.6 Å².